The molecule has 3 nitrogen and oxygen atoms in total. The molecule has 0 radical (unpaired) electrons. The first kappa shape index (κ1) is 16.5. The van der Waals surface area contributed by atoms with Crippen LogP contribution in [0.25, 0.3) is 10.9 Å². The Bertz CT molecular complexity index is 807. The topological polar surface area (TPSA) is 28.3 Å². The minimum absolute atomic E-state index is 0.750. The van der Waals surface area contributed by atoms with Crippen LogP contribution >= 0.6 is 0 Å². The number of allylic oxidation sites excluding steroid dienone is 4. The smallest absolute Gasteiger partial charge is 0.124 e. The van der Waals surface area contributed by atoms with Crippen molar-refractivity contribution in [2.45, 2.75) is 39.2 Å². The summed E-state index contributed by atoms with van der Waals surface area (Å²) in [6.07, 6.45) is 14.1. The zero-order chi connectivity index (χ0) is 17.2. The van der Waals surface area contributed by atoms with Crippen LogP contribution in [-0.2, 0) is 6.54 Å². The van der Waals surface area contributed by atoms with Gasteiger partial charge in [0.15, 0.2) is 0 Å². The van der Waals surface area contributed by atoms with Crippen LogP contribution in [0.15, 0.2) is 42.1 Å². The average molecular weight is 336 g/mol. The molecular formula is C22H28N2O. The molecule has 1 aromatic carbocycles. The Morgan fingerprint density at radius 2 is 2.08 bits per heavy atom. The van der Waals surface area contributed by atoms with Gasteiger partial charge in [0.25, 0.3) is 0 Å². The number of likely N-dealkylation sites (tertiary alicyclic amines) is 1. The van der Waals surface area contributed by atoms with Crippen molar-refractivity contribution in [3.05, 3.63) is 53.3 Å². The molecule has 0 bridgehead atoms. The van der Waals surface area contributed by atoms with E-state index >= 15 is 0 Å². The van der Waals surface area contributed by atoms with Crippen molar-refractivity contribution in [1.82, 2.24) is 9.88 Å². The molecule has 1 N–H and O–H groups in total. The molecule has 0 unspecified atom stereocenters. The first-order valence-electron chi connectivity index (χ1n) is 9.48. The van der Waals surface area contributed by atoms with Crippen LogP contribution in [0.5, 0.6) is 5.75 Å². The molecule has 2 aromatic rings. The number of ether oxygens (including phenoxy) is 1. The van der Waals surface area contributed by atoms with Gasteiger partial charge in [-0.1, -0.05) is 18.2 Å². The molecule has 0 spiro atoms. The zero-order valence-electron chi connectivity index (χ0n) is 15.3. The summed E-state index contributed by atoms with van der Waals surface area (Å²) in [6.45, 7) is 5.44. The van der Waals surface area contributed by atoms with E-state index in [1.165, 1.54) is 60.8 Å². The first-order chi connectivity index (χ1) is 12.3. The van der Waals surface area contributed by atoms with Crippen molar-refractivity contribution in [3.63, 3.8) is 0 Å². The van der Waals surface area contributed by atoms with Gasteiger partial charge in [0.1, 0.15) is 5.75 Å². The number of rotatable bonds is 4. The van der Waals surface area contributed by atoms with Crippen LogP contribution in [0.3, 0.4) is 0 Å². The van der Waals surface area contributed by atoms with Gasteiger partial charge in [-0.3, -0.25) is 4.90 Å². The van der Waals surface area contributed by atoms with E-state index in [1.54, 1.807) is 12.7 Å². The summed E-state index contributed by atoms with van der Waals surface area (Å²) in [5, 5.41) is 1.30. The van der Waals surface area contributed by atoms with E-state index in [2.05, 4.69) is 47.2 Å². The molecule has 1 fully saturated rings. The number of aryl methyl sites for hydroxylation is 1. The number of hydrogen-bond acceptors (Lipinski definition) is 2. The lowest BCUT2D eigenvalue weighted by Gasteiger charge is -2.33. The highest BCUT2D eigenvalue weighted by molar-refractivity contribution is 5.88. The third-order valence-corrected chi connectivity index (χ3v) is 5.80. The number of aromatic amines is 1. The van der Waals surface area contributed by atoms with E-state index in [1.807, 2.05) is 6.20 Å². The zero-order valence-corrected chi connectivity index (χ0v) is 15.3. The van der Waals surface area contributed by atoms with E-state index in [4.69, 9.17) is 4.74 Å². The second-order valence-electron chi connectivity index (χ2n) is 7.37. The first-order valence-corrected chi connectivity index (χ1v) is 9.48. The number of H-pyrrole nitrogens is 1. The molecule has 132 valence electrons. The maximum atomic E-state index is 5.70. The van der Waals surface area contributed by atoms with Gasteiger partial charge in [0.2, 0.25) is 0 Å². The summed E-state index contributed by atoms with van der Waals surface area (Å²) in [5.74, 6) is 1.77. The van der Waals surface area contributed by atoms with Crippen LogP contribution in [0.4, 0.5) is 0 Å². The van der Waals surface area contributed by atoms with E-state index in [9.17, 15) is 0 Å². The number of nitrogens with one attached hydrogen (secondary N) is 1. The summed E-state index contributed by atoms with van der Waals surface area (Å²) in [4.78, 5) is 5.96. The van der Waals surface area contributed by atoms with E-state index in [-0.39, 0.29) is 0 Å². The number of nitrogens with zero attached hydrogens (tertiary/aromatic N) is 1. The molecule has 0 saturated carbocycles. The number of hydrogen-bond donors (Lipinski definition) is 1. The van der Waals surface area contributed by atoms with Gasteiger partial charge in [-0.05, 0) is 74.9 Å². The average Bonchev–Trinajstić information content (AvgIpc) is 3.16. The van der Waals surface area contributed by atoms with Gasteiger partial charge in [-0.15, -0.1) is 0 Å². The van der Waals surface area contributed by atoms with Crippen LogP contribution in [0, 0.1) is 12.8 Å². The quantitative estimate of drug-likeness (QED) is 0.853. The fourth-order valence-corrected chi connectivity index (χ4v) is 4.37. The molecule has 0 atom stereocenters. The second-order valence-corrected chi connectivity index (χ2v) is 7.37. The number of benzene rings is 1. The molecule has 2 aliphatic rings. The molecule has 4 rings (SSSR count). The highest BCUT2D eigenvalue weighted by Gasteiger charge is 2.23. The van der Waals surface area contributed by atoms with Crippen LogP contribution in [0.2, 0.25) is 0 Å². The summed E-state index contributed by atoms with van der Waals surface area (Å²) in [6, 6.07) is 4.35. The SMILES string of the molecule is COc1cc(C)c2[nH]ccc2c1CN1CCC(C2=CCCC=C2)CC1. The van der Waals surface area contributed by atoms with Crippen molar-refractivity contribution in [2.75, 3.05) is 20.2 Å². The van der Waals surface area contributed by atoms with Crippen molar-refractivity contribution in [1.29, 1.82) is 0 Å². The van der Waals surface area contributed by atoms with Gasteiger partial charge >= 0.3 is 0 Å². The molecule has 1 aromatic heterocycles. The van der Waals surface area contributed by atoms with Crippen molar-refractivity contribution in [3.8, 4) is 5.75 Å². The second kappa shape index (κ2) is 7.09. The highest BCUT2D eigenvalue weighted by atomic mass is 16.5. The van der Waals surface area contributed by atoms with Gasteiger partial charge < -0.3 is 9.72 Å². The molecule has 1 aliphatic carbocycles. The van der Waals surface area contributed by atoms with Gasteiger partial charge in [0, 0.05) is 29.2 Å². The van der Waals surface area contributed by atoms with E-state index in [0.717, 1.165) is 18.2 Å². The summed E-state index contributed by atoms with van der Waals surface area (Å²) < 4.78 is 5.70. The third kappa shape index (κ3) is 3.25. The summed E-state index contributed by atoms with van der Waals surface area (Å²) in [7, 11) is 1.78. The Hall–Kier alpha value is -2.00. The molecule has 2 heterocycles. The molecule has 1 saturated heterocycles. The van der Waals surface area contributed by atoms with E-state index in [0.29, 0.717) is 0 Å². The van der Waals surface area contributed by atoms with Crippen LogP contribution < -0.4 is 4.74 Å². The monoisotopic (exact) mass is 336 g/mol. The number of methoxy groups -OCH3 is 1. The summed E-state index contributed by atoms with van der Waals surface area (Å²) >= 11 is 0. The largest absolute Gasteiger partial charge is 0.496 e. The lowest BCUT2D eigenvalue weighted by atomic mass is 9.86. The van der Waals surface area contributed by atoms with Crippen LogP contribution in [0.1, 0.15) is 36.8 Å². The van der Waals surface area contributed by atoms with Gasteiger partial charge in [-0.25, -0.2) is 0 Å². The third-order valence-electron chi connectivity index (χ3n) is 5.80. The predicted octanol–water partition coefficient (Wildman–Crippen LogP) is 4.97. The Labute approximate surface area is 150 Å². The minimum atomic E-state index is 0.750. The molecule has 1 aliphatic heterocycles. The fraction of sp³-hybridized carbons (Fsp3) is 0.455. The molecule has 3 heteroatoms. The van der Waals surface area contributed by atoms with Gasteiger partial charge in [-0.2, -0.15) is 0 Å². The number of fused-ring (bicyclic) bond motifs is 1. The normalized spacial score (nSPS) is 19.4. The number of aromatic nitrogens is 1. The van der Waals surface area contributed by atoms with Crippen molar-refractivity contribution in [2.24, 2.45) is 5.92 Å². The lowest BCUT2D eigenvalue weighted by molar-refractivity contribution is 0.191. The van der Waals surface area contributed by atoms with Gasteiger partial charge in [0.05, 0.1) is 7.11 Å². The Morgan fingerprint density at radius 3 is 2.80 bits per heavy atom. The van der Waals surface area contributed by atoms with Crippen LogP contribution in [-0.4, -0.2) is 30.1 Å². The molecular weight excluding hydrogens is 308 g/mol. The molecule has 25 heavy (non-hydrogen) atoms. The Kier molecular flexibility index (Phi) is 4.67. The maximum Gasteiger partial charge on any atom is 0.124 e. The van der Waals surface area contributed by atoms with Crippen molar-refractivity contribution < 1.29 is 4.74 Å². The standard InChI is InChI=1S/C22H28N2O/c1-16-14-21(25-2)20(19-8-11-23-22(16)19)15-24-12-9-18(10-13-24)17-6-4-3-5-7-17/h4,6-8,11,14,18,23H,3,5,9-10,12-13,15H2,1-2H3. The number of piperidine rings is 1. The highest BCUT2D eigenvalue weighted by Crippen LogP contribution is 2.34. The fourth-order valence-electron chi connectivity index (χ4n) is 4.37. The minimum Gasteiger partial charge on any atom is -0.496 e. The van der Waals surface area contributed by atoms with E-state index < -0.39 is 0 Å². The lowest BCUT2D eigenvalue weighted by Crippen LogP contribution is -2.34. The molecule has 0 amide bonds. The Morgan fingerprint density at radius 1 is 1.24 bits per heavy atom. The predicted molar refractivity (Wildman–Crippen MR) is 104 cm³/mol. The van der Waals surface area contributed by atoms with Crippen molar-refractivity contribution >= 4 is 10.9 Å². The maximum absolute atomic E-state index is 5.70. The Balaban J connectivity index is 1.49. The summed E-state index contributed by atoms with van der Waals surface area (Å²) in [5.41, 5.74) is 5.38.